The van der Waals surface area contributed by atoms with Crippen LogP contribution < -0.4 is 10.1 Å². The molecule has 6 heteroatoms. The number of hydrogen-bond donors (Lipinski definition) is 1. The van der Waals surface area contributed by atoms with E-state index >= 15 is 0 Å². The summed E-state index contributed by atoms with van der Waals surface area (Å²) in [6, 6.07) is 20.7. The Bertz CT molecular complexity index is 1070. The normalized spacial score (nSPS) is 10.8. The number of pyridine rings is 1. The minimum Gasteiger partial charge on any atom is -0.487 e. The summed E-state index contributed by atoms with van der Waals surface area (Å²) >= 11 is 1.64. The lowest BCUT2D eigenvalue weighted by Gasteiger charge is -2.08. The van der Waals surface area contributed by atoms with Crippen molar-refractivity contribution in [1.82, 2.24) is 9.38 Å². The summed E-state index contributed by atoms with van der Waals surface area (Å²) < 4.78 is 7.75. The third kappa shape index (κ3) is 4.18. The number of benzene rings is 2. The molecule has 0 atom stereocenters. The molecule has 2 aromatic carbocycles. The molecule has 0 aliphatic carbocycles. The van der Waals surface area contributed by atoms with Crippen molar-refractivity contribution in [3.63, 3.8) is 0 Å². The van der Waals surface area contributed by atoms with Gasteiger partial charge in [-0.15, -0.1) is 11.8 Å². The summed E-state index contributed by atoms with van der Waals surface area (Å²) in [5.74, 6) is 0.545. The molecule has 4 aromatic rings. The molecular formula is C22H19N3O2S. The van der Waals surface area contributed by atoms with Crippen LogP contribution in [0.5, 0.6) is 5.75 Å². The smallest absolute Gasteiger partial charge is 0.255 e. The van der Waals surface area contributed by atoms with Crippen molar-refractivity contribution >= 4 is 29.0 Å². The fourth-order valence-electron chi connectivity index (χ4n) is 2.82. The van der Waals surface area contributed by atoms with Crippen LogP contribution in [0.1, 0.15) is 16.1 Å². The fraction of sp³-hybridized carbons (Fsp3) is 0.0909. The van der Waals surface area contributed by atoms with Crippen molar-refractivity contribution in [3.05, 3.63) is 90.4 Å². The molecule has 5 nitrogen and oxygen atoms in total. The first kappa shape index (κ1) is 18.1. The highest BCUT2D eigenvalue weighted by Crippen LogP contribution is 2.20. The quantitative estimate of drug-likeness (QED) is 0.477. The maximum atomic E-state index is 12.4. The number of amides is 1. The van der Waals surface area contributed by atoms with Gasteiger partial charge in [-0.3, -0.25) is 4.79 Å². The van der Waals surface area contributed by atoms with Crippen molar-refractivity contribution in [2.24, 2.45) is 0 Å². The van der Waals surface area contributed by atoms with Gasteiger partial charge in [0.05, 0.1) is 5.69 Å². The van der Waals surface area contributed by atoms with E-state index in [1.165, 1.54) is 0 Å². The van der Waals surface area contributed by atoms with Gasteiger partial charge in [-0.2, -0.15) is 0 Å². The molecule has 0 radical (unpaired) electrons. The molecule has 1 N–H and O–H groups in total. The fourth-order valence-corrected chi connectivity index (χ4v) is 3.28. The largest absolute Gasteiger partial charge is 0.487 e. The number of nitrogens with zero attached hydrogens (tertiary/aromatic N) is 2. The Kier molecular flexibility index (Phi) is 5.30. The van der Waals surface area contributed by atoms with E-state index in [0.717, 1.165) is 21.9 Å². The number of hydrogen-bond acceptors (Lipinski definition) is 4. The minimum absolute atomic E-state index is 0.148. The number of rotatable bonds is 6. The Balaban J connectivity index is 1.38. The molecule has 0 aliphatic heterocycles. The zero-order valence-corrected chi connectivity index (χ0v) is 16.1. The third-order valence-electron chi connectivity index (χ3n) is 4.24. The van der Waals surface area contributed by atoms with Crippen LogP contribution in [0.3, 0.4) is 0 Å². The van der Waals surface area contributed by atoms with E-state index in [4.69, 9.17) is 4.74 Å². The predicted molar refractivity (Wildman–Crippen MR) is 112 cm³/mol. The number of thioether (sulfide) groups is 1. The van der Waals surface area contributed by atoms with Crippen LogP contribution in [-0.4, -0.2) is 21.5 Å². The molecule has 1 amide bonds. The molecule has 4 rings (SSSR count). The van der Waals surface area contributed by atoms with Gasteiger partial charge in [-0.05, 0) is 60.9 Å². The van der Waals surface area contributed by atoms with E-state index < -0.39 is 0 Å². The number of nitrogens with one attached hydrogen (secondary N) is 1. The molecule has 0 bridgehead atoms. The second-order valence-electron chi connectivity index (χ2n) is 6.20. The van der Waals surface area contributed by atoms with Gasteiger partial charge in [0, 0.05) is 28.5 Å². The van der Waals surface area contributed by atoms with Crippen LogP contribution in [-0.2, 0) is 6.61 Å². The van der Waals surface area contributed by atoms with Gasteiger partial charge in [0.15, 0.2) is 0 Å². The summed E-state index contributed by atoms with van der Waals surface area (Å²) in [6.45, 7) is 0.370. The van der Waals surface area contributed by atoms with Gasteiger partial charge in [0.25, 0.3) is 5.91 Å². The number of ether oxygens (including phenoxy) is 1. The van der Waals surface area contributed by atoms with Crippen molar-refractivity contribution in [2.75, 3.05) is 11.6 Å². The first-order valence-electron chi connectivity index (χ1n) is 8.82. The van der Waals surface area contributed by atoms with E-state index in [2.05, 4.69) is 10.3 Å². The zero-order chi connectivity index (χ0) is 19.3. The lowest BCUT2D eigenvalue weighted by molar-refractivity contribution is 0.102. The summed E-state index contributed by atoms with van der Waals surface area (Å²) in [6.07, 6.45) is 5.90. The van der Waals surface area contributed by atoms with Crippen molar-refractivity contribution in [3.8, 4) is 5.75 Å². The van der Waals surface area contributed by atoms with E-state index in [-0.39, 0.29) is 5.91 Å². The second kappa shape index (κ2) is 8.19. The number of fused-ring (bicyclic) bond motifs is 1. The summed E-state index contributed by atoms with van der Waals surface area (Å²) in [5.41, 5.74) is 3.10. The molecule has 0 saturated heterocycles. The molecule has 0 saturated carbocycles. The molecule has 0 spiro atoms. The second-order valence-corrected chi connectivity index (χ2v) is 7.08. The lowest BCUT2D eigenvalue weighted by atomic mass is 10.2. The summed E-state index contributed by atoms with van der Waals surface area (Å²) in [5, 5.41) is 2.92. The molecule has 2 aromatic heterocycles. The maximum Gasteiger partial charge on any atom is 0.255 e. The highest BCUT2D eigenvalue weighted by Gasteiger charge is 2.07. The number of imidazole rings is 1. The average Bonchev–Trinajstić information content (AvgIpc) is 3.16. The van der Waals surface area contributed by atoms with E-state index in [0.29, 0.717) is 17.9 Å². The van der Waals surface area contributed by atoms with Gasteiger partial charge in [-0.1, -0.05) is 12.1 Å². The van der Waals surface area contributed by atoms with E-state index in [1.54, 1.807) is 36.0 Å². The highest BCUT2D eigenvalue weighted by atomic mass is 32.2. The van der Waals surface area contributed by atoms with E-state index in [1.807, 2.05) is 65.5 Å². The predicted octanol–water partition coefficient (Wildman–Crippen LogP) is 4.89. The van der Waals surface area contributed by atoms with Gasteiger partial charge in [0.1, 0.15) is 18.0 Å². The van der Waals surface area contributed by atoms with Crippen LogP contribution in [0.2, 0.25) is 0 Å². The first-order valence-corrected chi connectivity index (χ1v) is 10.0. The number of carbonyl (C=O) groups excluding carboxylic acids is 1. The maximum absolute atomic E-state index is 12.4. The molecule has 28 heavy (non-hydrogen) atoms. The average molecular weight is 389 g/mol. The van der Waals surface area contributed by atoms with Crippen LogP contribution in [0.4, 0.5) is 5.69 Å². The van der Waals surface area contributed by atoms with Gasteiger partial charge in [-0.25, -0.2) is 4.98 Å². The van der Waals surface area contributed by atoms with E-state index in [9.17, 15) is 4.79 Å². The number of carbonyl (C=O) groups is 1. The van der Waals surface area contributed by atoms with Gasteiger partial charge in [0.2, 0.25) is 0 Å². The lowest BCUT2D eigenvalue weighted by Crippen LogP contribution is -2.11. The Hall–Kier alpha value is -3.25. The Morgan fingerprint density at radius 2 is 1.96 bits per heavy atom. The van der Waals surface area contributed by atoms with Crippen LogP contribution in [0.15, 0.2) is 84.0 Å². The summed E-state index contributed by atoms with van der Waals surface area (Å²) in [4.78, 5) is 18.0. The Morgan fingerprint density at radius 1 is 1.11 bits per heavy atom. The Labute approximate surface area is 167 Å². The van der Waals surface area contributed by atoms with Crippen LogP contribution in [0.25, 0.3) is 5.65 Å². The molecule has 140 valence electrons. The summed E-state index contributed by atoms with van der Waals surface area (Å²) in [7, 11) is 0. The molecule has 0 fully saturated rings. The first-order chi connectivity index (χ1) is 13.7. The monoisotopic (exact) mass is 389 g/mol. The highest BCUT2D eigenvalue weighted by molar-refractivity contribution is 7.98. The molecular weight excluding hydrogens is 370 g/mol. The standard InChI is InChI=1S/C22H19N3O2S/c1-28-20-6-4-5-17(13-20)24-22(26)16-8-10-19(11-9-16)27-15-18-14-25-12-3-2-7-21(25)23-18/h2-14H,15H2,1H3,(H,24,26). The van der Waals surface area contributed by atoms with Crippen molar-refractivity contribution in [2.45, 2.75) is 11.5 Å². The van der Waals surface area contributed by atoms with Gasteiger partial charge >= 0.3 is 0 Å². The molecule has 0 aliphatic rings. The zero-order valence-electron chi connectivity index (χ0n) is 15.3. The SMILES string of the molecule is CSc1cccc(NC(=O)c2ccc(OCc3cn4ccccc4n3)cc2)c1. The van der Waals surface area contributed by atoms with Crippen molar-refractivity contribution in [1.29, 1.82) is 0 Å². The van der Waals surface area contributed by atoms with Gasteiger partial charge < -0.3 is 14.5 Å². The third-order valence-corrected chi connectivity index (χ3v) is 4.97. The number of aromatic nitrogens is 2. The number of anilines is 1. The minimum atomic E-state index is -0.148. The van der Waals surface area contributed by atoms with Crippen LogP contribution >= 0.6 is 11.8 Å². The topological polar surface area (TPSA) is 55.6 Å². The van der Waals surface area contributed by atoms with Crippen molar-refractivity contribution < 1.29 is 9.53 Å². The van der Waals surface area contributed by atoms with Crippen LogP contribution in [0, 0.1) is 0 Å². The Morgan fingerprint density at radius 3 is 2.75 bits per heavy atom. The molecule has 0 unspecified atom stereocenters. The molecule has 2 heterocycles.